The first-order chi connectivity index (χ1) is 15.6. The molecule has 1 aliphatic heterocycles. The van der Waals surface area contributed by atoms with Gasteiger partial charge in [0.05, 0.1) is 26.4 Å². The Kier molecular flexibility index (Phi) is 11.7. The largest absolute Gasteiger partial charge is 0.497 e. The minimum Gasteiger partial charge on any atom is -0.497 e. The predicted octanol–water partition coefficient (Wildman–Crippen LogP) is 4.18. The fourth-order valence-electron chi connectivity index (χ4n) is 3.78. The van der Waals surface area contributed by atoms with Crippen LogP contribution in [-0.4, -0.2) is 56.9 Å². The fourth-order valence-corrected chi connectivity index (χ4v) is 3.78. The maximum Gasteiger partial charge on any atom is 0.191 e. The summed E-state index contributed by atoms with van der Waals surface area (Å²) in [5.41, 5.74) is 2.47. The minimum absolute atomic E-state index is 0. The van der Waals surface area contributed by atoms with Crippen LogP contribution in [0.1, 0.15) is 44.2 Å². The van der Waals surface area contributed by atoms with Crippen molar-refractivity contribution in [2.75, 3.05) is 44.8 Å². The van der Waals surface area contributed by atoms with E-state index < -0.39 is 0 Å². The lowest BCUT2D eigenvalue weighted by molar-refractivity contribution is 0.0529. The van der Waals surface area contributed by atoms with Crippen LogP contribution in [0, 0.1) is 0 Å². The lowest BCUT2D eigenvalue weighted by Crippen LogP contribution is -2.41. The summed E-state index contributed by atoms with van der Waals surface area (Å²) in [5.74, 6) is 3.19. The van der Waals surface area contributed by atoms with E-state index in [-0.39, 0.29) is 30.1 Å². The second-order valence-corrected chi connectivity index (χ2v) is 8.23. The second-order valence-electron chi connectivity index (χ2n) is 8.23. The van der Waals surface area contributed by atoms with Gasteiger partial charge in [0, 0.05) is 32.4 Å². The Balaban J connectivity index is 0.00000385. The molecule has 33 heavy (non-hydrogen) atoms. The summed E-state index contributed by atoms with van der Waals surface area (Å²) in [4.78, 5) is 11.6. The molecule has 0 saturated carbocycles. The predicted molar refractivity (Wildman–Crippen MR) is 146 cm³/mol. The van der Waals surface area contributed by atoms with Crippen molar-refractivity contribution in [1.82, 2.24) is 15.6 Å². The highest BCUT2D eigenvalue weighted by atomic mass is 127. The van der Waals surface area contributed by atoms with Gasteiger partial charge in [-0.25, -0.2) is 9.98 Å². The Morgan fingerprint density at radius 3 is 2.76 bits per heavy atom. The highest BCUT2D eigenvalue weighted by Crippen LogP contribution is 2.21. The number of methoxy groups -OCH3 is 1. The number of nitrogens with one attached hydrogen (secondary N) is 2. The lowest BCUT2D eigenvalue weighted by Gasteiger charge is -2.32. The fraction of sp³-hybridized carbons (Fsp3) is 0.520. The molecule has 7 nitrogen and oxygen atoms in total. The van der Waals surface area contributed by atoms with E-state index in [0.29, 0.717) is 12.5 Å². The zero-order chi connectivity index (χ0) is 22.8. The second kappa shape index (κ2) is 14.2. The van der Waals surface area contributed by atoms with Gasteiger partial charge in [0.2, 0.25) is 0 Å². The van der Waals surface area contributed by atoms with E-state index in [1.807, 2.05) is 24.4 Å². The van der Waals surface area contributed by atoms with Gasteiger partial charge >= 0.3 is 0 Å². The molecular weight excluding hydrogens is 529 g/mol. The molecule has 8 heteroatoms. The Bertz CT molecular complexity index is 862. The van der Waals surface area contributed by atoms with Crippen LogP contribution in [0.15, 0.2) is 47.6 Å². The molecule has 2 heterocycles. The van der Waals surface area contributed by atoms with Crippen molar-refractivity contribution in [3.8, 4) is 5.75 Å². The van der Waals surface area contributed by atoms with Gasteiger partial charge < -0.3 is 25.0 Å². The molecular formula is C25H38IN5O2. The lowest BCUT2D eigenvalue weighted by atomic mass is 9.98. The number of nitrogens with zero attached hydrogens (tertiary/aromatic N) is 3. The zero-order valence-corrected chi connectivity index (χ0v) is 22.5. The Labute approximate surface area is 215 Å². The number of hydrogen-bond acceptors (Lipinski definition) is 5. The summed E-state index contributed by atoms with van der Waals surface area (Å²) < 4.78 is 10.9. The van der Waals surface area contributed by atoms with E-state index in [2.05, 4.69) is 59.5 Å². The number of anilines is 1. The number of guanidine groups is 1. The van der Waals surface area contributed by atoms with E-state index in [1.165, 1.54) is 5.56 Å². The van der Waals surface area contributed by atoms with Crippen LogP contribution in [0.4, 0.5) is 5.82 Å². The van der Waals surface area contributed by atoms with E-state index in [0.717, 1.165) is 62.3 Å². The zero-order valence-electron chi connectivity index (χ0n) is 20.2. The molecule has 0 aliphatic carbocycles. The number of benzene rings is 1. The van der Waals surface area contributed by atoms with Crippen LogP contribution in [0.25, 0.3) is 0 Å². The van der Waals surface area contributed by atoms with Crippen LogP contribution in [0.5, 0.6) is 5.75 Å². The van der Waals surface area contributed by atoms with Crippen LogP contribution >= 0.6 is 24.0 Å². The number of pyridine rings is 1. The van der Waals surface area contributed by atoms with Gasteiger partial charge in [-0.1, -0.05) is 19.1 Å². The third kappa shape index (κ3) is 8.66. The molecule has 0 spiro atoms. The molecule has 1 saturated heterocycles. The van der Waals surface area contributed by atoms with Crippen LogP contribution < -0.4 is 20.3 Å². The van der Waals surface area contributed by atoms with Gasteiger partial charge in [-0.15, -0.1) is 24.0 Å². The van der Waals surface area contributed by atoms with Gasteiger partial charge in [-0.05, 0) is 61.6 Å². The van der Waals surface area contributed by atoms with E-state index >= 15 is 0 Å². The molecule has 2 N–H and O–H groups in total. The van der Waals surface area contributed by atoms with Crippen molar-refractivity contribution in [3.63, 3.8) is 0 Å². The smallest absolute Gasteiger partial charge is 0.191 e. The first-order valence-corrected chi connectivity index (χ1v) is 11.6. The summed E-state index contributed by atoms with van der Waals surface area (Å²) in [6, 6.07) is 12.5. The number of ether oxygens (including phenoxy) is 2. The number of halogens is 1. The Hall–Kier alpha value is -2.07. The molecule has 3 rings (SSSR count). The maximum absolute atomic E-state index is 5.65. The molecule has 0 radical (unpaired) electrons. The number of aromatic nitrogens is 1. The first kappa shape index (κ1) is 27.2. The highest BCUT2D eigenvalue weighted by molar-refractivity contribution is 14.0. The Morgan fingerprint density at radius 1 is 1.27 bits per heavy atom. The molecule has 2 unspecified atom stereocenters. The van der Waals surface area contributed by atoms with E-state index in [4.69, 9.17) is 14.5 Å². The number of aliphatic imine (C=N–C) groups is 1. The minimum atomic E-state index is 0. The SMILES string of the molecule is CCNC(=NCc1ccnc(N2CCOC(C)C2)c1)NCCC(C)c1ccc(OC)cc1.I. The molecule has 2 atom stereocenters. The first-order valence-electron chi connectivity index (χ1n) is 11.6. The van der Waals surface area contributed by atoms with E-state index in [9.17, 15) is 0 Å². The molecule has 1 aromatic heterocycles. The van der Waals surface area contributed by atoms with Gasteiger partial charge in [0.25, 0.3) is 0 Å². The summed E-state index contributed by atoms with van der Waals surface area (Å²) in [7, 11) is 1.69. The quantitative estimate of drug-likeness (QED) is 0.269. The summed E-state index contributed by atoms with van der Waals surface area (Å²) >= 11 is 0. The molecule has 0 bridgehead atoms. The molecule has 182 valence electrons. The van der Waals surface area contributed by atoms with Gasteiger partial charge in [0.15, 0.2) is 5.96 Å². The Morgan fingerprint density at radius 2 is 2.06 bits per heavy atom. The summed E-state index contributed by atoms with van der Waals surface area (Å²) in [6.45, 7) is 11.2. The average molecular weight is 568 g/mol. The number of hydrogen-bond donors (Lipinski definition) is 2. The van der Waals surface area contributed by atoms with Crippen molar-refractivity contribution < 1.29 is 9.47 Å². The standard InChI is InChI=1S/C25H37N5O2.HI/c1-5-26-25(28-12-10-19(2)22-6-8-23(31-4)9-7-22)29-17-21-11-13-27-24(16-21)30-14-15-32-20(3)18-30;/h6-9,11,13,16,19-20H,5,10,12,14-15,17-18H2,1-4H3,(H2,26,28,29);1H. The molecule has 1 aromatic carbocycles. The van der Waals surface area contributed by atoms with E-state index in [1.54, 1.807) is 7.11 Å². The molecule has 2 aromatic rings. The monoisotopic (exact) mass is 567 g/mol. The third-order valence-electron chi connectivity index (χ3n) is 5.69. The van der Waals surface area contributed by atoms with Crippen LogP contribution in [-0.2, 0) is 11.3 Å². The van der Waals surface area contributed by atoms with Crippen molar-refractivity contribution in [2.24, 2.45) is 4.99 Å². The third-order valence-corrected chi connectivity index (χ3v) is 5.69. The van der Waals surface area contributed by atoms with Crippen LogP contribution in [0.2, 0.25) is 0 Å². The van der Waals surface area contributed by atoms with Crippen LogP contribution in [0.3, 0.4) is 0 Å². The average Bonchev–Trinajstić information content (AvgIpc) is 2.82. The maximum atomic E-state index is 5.65. The molecule has 1 fully saturated rings. The number of morpholine rings is 1. The highest BCUT2D eigenvalue weighted by Gasteiger charge is 2.18. The van der Waals surface area contributed by atoms with Gasteiger partial charge in [-0.2, -0.15) is 0 Å². The van der Waals surface area contributed by atoms with Gasteiger partial charge in [-0.3, -0.25) is 0 Å². The molecule has 1 aliphatic rings. The van der Waals surface area contributed by atoms with Crippen molar-refractivity contribution >= 4 is 35.8 Å². The summed E-state index contributed by atoms with van der Waals surface area (Å²) in [5, 5.41) is 6.81. The molecule has 0 amide bonds. The summed E-state index contributed by atoms with van der Waals surface area (Å²) in [6.07, 6.45) is 3.12. The van der Waals surface area contributed by atoms with Crippen molar-refractivity contribution in [3.05, 3.63) is 53.7 Å². The normalized spacial score (nSPS) is 17.2. The van der Waals surface area contributed by atoms with Crippen molar-refractivity contribution in [1.29, 1.82) is 0 Å². The topological polar surface area (TPSA) is 71.0 Å². The van der Waals surface area contributed by atoms with Crippen molar-refractivity contribution in [2.45, 2.75) is 45.8 Å². The number of rotatable bonds is 9. The van der Waals surface area contributed by atoms with Gasteiger partial charge in [0.1, 0.15) is 11.6 Å².